The van der Waals surface area contributed by atoms with Crippen molar-refractivity contribution in [1.82, 2.24) is 5.32 Å². The van der Waals surface area contributed by atoms with E-state index in [1.165, 1.54) is 55.3 Å². The molecule has 112 valence electrons. The number of rotatable bonds is 5. The van der Waals surface area contributed by atoms with E-state index in [-0.39, 0.29) is 0 Å². The molecule has 0 radical (unpaired) electrons. The minimum Gasteiger partial charge on any atom is -0.314 e. The van der Waals surface area contributed by atoms with Crippen LogP contribution in [-0.2, 0) is 6.42 Å². The molecular formula is C19H31N. The third-order valence-electron chi connectivity index (χ3n) is 4.92. The van der Waals surface area contributed by atoms with Gasteiger partial charge in [-0.3, -0.25) is 0 Å². The molecule has 2 unspecified atom stereocenters. The van der Waals surface area contributed by atoms with Crippen LogP contribution in [0.15, 0.2) is 18.2 Å². The van der Waals surface area contributed by atoms with Crippen LogP contribution in [0.3, 0.4) is 0 Å². The van der Waals surface area contributed by atoms with E-state index in [0.717, 1.165) is 11.8 Å². The summed E-state index contributed by atoms with van der Waals surface area (Å²) in [7, 11) is 0. The van der Waals surface area contributed by atoms with E-state index in [2.05, 4.69) is 51.2 Å². The monoisotopic (exact) mass is 273 g/mol. The maximum Gasteiger partial charge on any atom is 0.00104 e. The molecular weight excluding hydrogens is 242 g/mol. The Labute approximate surface area is 125 Å². The van der Waals surface area contributed by atoms with Gasteiger partial charge in [-0.2, -0.15) is 0 Å². The molecule has 1 saturated carbocycles. The van der Waals surface area contributed by atoms with Gasteiger partial charge in [-0.25, -0.2) is 0 Å². The Morgan fingerprint density at radius 1 is 1.05 bits per heavy atom. The van der Waals surface area contributed by atoms with Gasteiger partial charge in [0.05, 0.1) is 0 Å². The lowest BCUT2D eigenvalue weighted by atomic mass is 9.76. The summed E-state index contributed by atoms with van der Waals surface area (Å²) in [6.45, 7) is 10.1. The fourth-order valence-corrected chi connectivity index (χ4v) is 3.44. The van der Waals surface area contributed by atoms with Crippen LogP contribution in [0.25, 0.3) is 0 Å². The van der Waals surface area contributed by atoms with Crippen LogP contribution in [0.1, 0.15) is 56.2 Å². The van der Waals surface area contributed by atoms with Crippen molar-refractivity contribution in [2.75, 3.05) is 6.54 Å². The molecule has 1 heteroatoms. The normalized spacial score (nSPS) is 23.2. The van der Waals surface area contributed by atoms with Gasteiger partial charge >= 0.3 is 0 Å². The zero-order valence-corrected chi connectivity index (χ0v) is 13.7. The van der Waals surface area contributed by atoms with E-state index < -0.39 is 0 Å². The van der Waals surface area contributed by atoms with Gasteiger partial charge in [0, 0.05) is 6.04 Å². The third kappa shape index (κ3) is 4.34. The van der Waals surface area contributed by atoms with E-state index >= 15 is 0 Å². The molecule has 1 aromatic carbocycles. The molecule has 1 aromatic rings. The average molecular weight is 273 g/mol. The van der Waals surface area contributed by atoms with Crippen LogP contribution < -0.4 is 5.32 Å². The van der Waals surface area contributed by atoms with Gasteiger partial charge in [-0.15, -0.1) is 0 Å². The van der Waals surface area contributed by atoms with Crippen LogP contribution in [-0.4, -0.2) is 12.6 Å². The predicted molar refractivity (Wildman–Crippen MR) is 88.2 cm³/mol. The zero-order chi connectivity index (χ0) is 14.5. The van der Waals surface area contributed by atoms with Crippen molar-refractivity contribution in [2.45, 2.75) is 65.8 Å². The Balaban J connectivity index is 1.98. The topological polar surface area (TPSA) is 12.0 Å². The van der Waals surface area contributed by atoms with Crippen LogP contribution in [0.5, 0.6) is 0 Å². The van der Waals surface area contributed by atoms with E-state index in [1.807, 2.05) is 0 Å². The van der Waals surface area contributed by atoms with Crippen molar-refractivity contribution >= 4 is 0 Å². The molecule has 1 aliphatic rings. The average Bonchev–Trinajstić information content (AvgIpc) is 2.42. The van der Waals surface area contributed by atoms with Crippen molar-refractivity contribution in [1.29, 1.82) is 0 Å². The second kappa shape index (κ2) is 7.26. The van der Waals surface area contributed by atoms with Crippen molar-refractivity contribution in [3.8, 4) is 0 Å². The molecule has 2 atom stereocenters. The molecule has 0 amide bonds. The number of benzene rings is 1. The van der Waals surface area contributed by atoms with E-state index in [4.69, 9.17) is 0 Å². The second-order valence-corrected chi connectivity index (χ2v) is 6.99. The minimum absolute atomic E-state index is 0.610. The molecule has 0 heterocycles. The summed E-state index contributed by atoms with van der Waals surface area (Å²) in [5, 5.41) is 3.65. The van der Waals surface area contributed by atoms with Crippen molar-refractivity contribution in [3.63, 3.8) is 0 Å². The minimum atomic E-state index is 0.610. The Bertz CT molecular complexity index is 422. The Hall–Kier alpha value is -0.820. The summed E-state index contributed by atoms with van der Waals surface area (Å²) >= 11 is 0. The third-order valence-corrected chi connectivity index (χ3v) is 4.92. The molecule has 20 heavy (non-hydrogen) atoms. The lowest BCUT2D eigenvalue weighted by molar-refractivity contribution is 0.224. The smallest absolute Gasteiger partial charge is 0.00104 e. The van der Waals surface area contributed by atoms with E-state index in [9.17, 15) is 0 Å². The molecule has 2 rings (SSSR count). The highest BCUT2D eigenvalue weighted by Gasteiger charge is 2.25. The second-order valence-electron chi connectivity index (χ2n) is 6.99. The molecule has 1 N–H and O–H groups in total. The highest BCUT2D eigenvalue weighted by atomic mass is 14.9. The first-order valence-electron chi connectivity index (χ1n) is 8.35. The van der Waals surface area contributed by atoms with Crippen LogP contribution in [0, 0.1) is 25.7 Å². The lowest BCUT2D eigenvalue weighted by Gasteiger charge is -2.32. The SMILES string of the molecule is Cc1ccc(CC2CCCCC2CNC(C)C)cc1C. The van der Waals surface area contributed by atoms with Gasteiger partial charge < -0.3 is 5.32 Å². The molecule has 1 nitrogen and oxygen atoms in total. The summed E-state index contributed by atoms with van der Waals surface area (Å²) < 4.78 is 0. The molecule has 0 bridgehead atoms. The number of nitrogens with one attached hydrogen (secondary N) is 1. The van der Waals surface area contributed by atoms with Gasteiger partial charge in [0.25, 0.3) is 0 Å². The Morgan fingerprint density at radius 2 is 1.75 bits per heavy atom. The van der Waals surface area contributed by atoms with Crippen LogP contribution >= 0.6 is 0 Å². The van der Waals surface area contributed by atoms with Gasteiger partial charge in [-0.1, -0.05) is 44.9 Å². The number of hydrogen-bond acceptors (Lipinski definition) is 1. The lowest BCUT2D eigenvalue weighted by Crippen LogP contribution is -2.34. The predicted octanol–water partition coefficient (Wildman–Crippen LogP) is 4.65. The summed E-state index contributed by atoms with van der Waals surface area (Å²) in [5.74, 6) is 1.74. The molecule has 0 spiro atoms. The van der Waals surface area contributed by atoms with Crippen LogP contribution in [0.4, 0.5) is 0 Å². The maximum absolute atomic E-state index is 3.65. The Kier molecular flexibility index (Phi) is 5.65. The standard InChI is InChI=1S/C19H31N/c1-14(2)20-13-19-8-6-5-7-18(19)12-17-10-9-15(3)16(4)11-17/h9-11,14,18-20H,5-8,12-13H2,1-4H3. The van der Waals surface area contributed by atoms with Gasteiger partial charge in [0.2, 0.25) is 0 Å². The molecule has 1 fully saturated rings. The molecule has 1 aliphatic carbocycles. The first-order chi connectivity index (χ1) is 9.56. The first kappa shape index (κ1) is 15.6. The van der Waals surface area contributed by atoms with Crippen LogP contribution in [0.2, 0.25) is 0 Å². The Morgan fingerprint density at radius 3 is 2.40 bits per heavy atom. The molecule has 0 aromatic heterocycles. The van der Waals surface area contributed by atoms with E-state index in [0.29, 0.717) is 6.04 Å². The zero-order valence-electron chi connectivity index (χ0n) is 13.7. The summed E-state index contributed by atoms with van der Waals surface area (Å²) in [4.78, 5) is 0. The van der Waals surface area contributed by atoms with Crippen molar-refractivity contribution in [2.24, 2.45) is 11.8 Å². The van der Waals surface area contributed by atoms with Gasteiger partial charge in [0.15, 0.2) is 0 Å². The van der Waals surface area contributed by atoms with Gasteiger partial charge in [-0.05, 0) is 68.2 Å². The van der Waals surface area contributed by atoms with E-state index in [1.54, 1.807) is 0 Å². The maximum atomic E-state index is 3.65. The fourth-order valence-electron chi connectivity index (χ4n) is 3.44. The summed E-state index contributed by atoms with van der Waals surface area (Å²) in [5.41, 5.74) is 4.39. The molecule has 0 saturated heterocycles. The molecule has 0 aliphatic heterocycles. The quantitative estimate of drug-likeness (QED) is 0.823. The number of hydrogen-bond donors (Lipinski definition) is 1. The van der Waals surface area contributed by atoms with Gasteiger partial charge in [0.1, 0.15) is 0 Å². The largest absolute Gasteiger partial charge is 0.314 e. The fraction of sp³-hybridized carbons (Fsp3) is 0.684. The highest BCUT2D eigenvalue weighted by Crippen LogP contribution is 2.32. The highest BCUT2D eigenvalue weighted by molar-refractivity contribution is 5.30. The first-order valence-corrected chi connectivity index (χ1v) is 8.35. The summed E-state index contributed by atoms with van der Waals surface area (Å²) in [6.07, 6.45) is 6.94. The summed E-state index contributed by atoms with van der Waals surface area (Å²) in [6, 6.07) is 7.63. The van der Waals surface area contributed by atoms with Crippen molar-refractivity contribution < 1.29 is 0 Å². The number of aryl methyl sites for hydroxylation is 2. The van der Waals surface area contributed by atoms with Crippen molar-refractivity contribution in [3.05, 3.63) is 34.9 Å².